The van der Waals surface area contributed by atoms with Gasteiger partial charge in [0.05, 0.1) is 0 Å². The maximum absolute atomic E-state index is 5.87. The number of benzene rings is 1. The molecule has 0 spiro atoms. The van der Waals surface area contributed by atoms with Gasteiger partial charge >= 0.3 is 0 Å². The van der Waals surface area contributed by atoms with Crippen LogP contribution >= 0.6 is 0 Å². The Kier molecular flexibility index (Phi) is 2.17. The molecule has 0 bridgehead atoms. The summed E-state index contributed by atoms with van der Waals surface area (Å²) in [6.07, 6.45) is 10.6. The Morgan fingerprint density at radius 2 is 2.06 bits per heavy atom. The van der Waals surface area contributed by atoms with Crippen molar-refractivity contribution < 1.29 is 4.42 Å². The third-order valence-electron chi connectivity index (χ3n) is 3.06. The summed E-state index contributed by atoms with van der Waals surface area (Å²) < 4.78 is 5.87. The predicted molar refractivity (Wildman–Crippen MR) is 68.3 cm³/mol. The van der Waals surface area contributed by atoms with Crippen LogP contribution in [0.1, 0.15) is 30.2 Å². The van der Waals surface area contributed by atoms with E-state index in [4.69, 9.17) is 4.42 Å². The first-order chi connectivity index (χ1) is 7.88. The largest absolute Gasteiger partial charge is 0.456 e. The average molecular weight is 210 g/mol. The van der Waals surface area contributed by atoms with Crippen molar-refractivity contribution in [2.75, 3.05) is 0 Å². The lowest BCUT2D eigenvalue weighted by Crippen LogP contribution is -1.78. The fourth-order valence-corrected chi connectivity index (χ4v) is 2.14. The van der Waals surface area contributed by atoms with Crippen molar-refractivity contribution in [3.63, 3.8) is 0 Å². The number of furan rings is 1. The van der Waals surface area contributed by atoms with Gasteiger partial charge in [-0.2, -0.15) is 0 Å². The van der Waals surface area contributed by atoms with Gasteiger partial charge < -0.3 is 4.42 Å². The molecular weight excluding hydrogens is 196 g/mol. The number of hydrogen-bond acceptors (Lipinski definition) is 1. The Morgan fingerprint density at radius 1 is 1.19 bits per heavy atom. The Bertz CT molecular complexity index is 585. The number of aryl methyl sites for hydroxylation is 1. The molecule has 1 heterocycles. The highest BCUT2D eigenvalue weighted by atomic mass is 16.3. The molecule has 1 heteroatoms. The van der Waals surface area contributed by atoms with Crippen molar-refractivity contribution in [3.05, 3.63) is 47.2 Å². The van der Waals surface area contributed by atoms with Gasteiger partial charge in [0.15, 0.2) is 0 Å². The van der Waals surface area contributed by atoms with Crippen molar-refractivity contribution in [1.82, 2.24) is 0 Å². The van der Waals surface area contributed by atoms with Crippen molar-refractivity contribution in [2.24, 2.45) is 0 Å². The minimum absolute atomic E-state index is 0.983. The maximum atomic E-state index is 5.87. The predicted octanol–water partition coefficient (Wildman–Crippen LogP) is 4.43. The molecule has 1 aromatic heterocycles. The lowest BCUT2D eigenvalue weighted by Gasteiger charge is -1.95. The highest BCUT2D eigenvalue weighted by Crippen LogP contribution is 2.30. The standard InChI is InChI=1S/C15H14O/c1-2-11-8-9-13-12-6-4-3-5-7-14(12)16-15(13)10-11/h4-10H,2-3H2,1H3. The molecule has 1 aliphatic carbocycles. The Balaban J connectivity index is 2.29. The maximum Gasteiger partial charge on any atom is 0.135 e. The van der Waals surface area contributed by atoms with E-state index in [1.807, 2.05) is 0 Å². The molecule has 0 saturated carbocycles. The second-order valence-corrected chi connectivity index (χ2v) is 4.10. The third kappa shape index (κ3) is 1.40. The molecule has 0 aliphatic heterocycles. The normalized spacial score (nSPS) is 14.1. The molecule has 0 amide bonds. The molecule has 1 aliphatic rings. The van der Waals surface area contributed by atoms with Crippen LogP contribution in [0.4, 0.5) is 0 Å². The van der Waals surface area contributed by atoms with E-state index in [2.05, 4.69) is 49.4 Å². The summed E-state index contributed by atoms with van der Waals surface area (Å²) >= 11 is 0. The van der Waals surface area contributed by atoms with Gasteiger partial charge in [-0.1, -0.05) is 37.3 Å². The second kappa shape index (κ2) is 3.67. The highest BCUT2D eigenvalue weighted by molar-refractivity contribution is 5.91. The number of rotatable bonds is 1. The van der Waals surface area contributed by atoms with E-state index < -0.39 is 0 Å². The number of allylic oxidation sites excluding steroid dienone is 2. The molecule has 0 atom stereocenters. The fourth-order valence-electron chi connectivity index (χ4n) is 2.14. The third-order valence-corrected chi connectivity index (χ3v) is 3.06. The summed E-state index contributed by atoms with van der Waals surface area (Å²) in [7, 11) is 0. The van der Waals surface area contributed by atoms with Gasteiger partial charge in [-0.25, -0.2) is 0 Å². The summed E-state index contributed by atoms with van der Waals surface area (Å²) in [4.78, 5) is 0. The van der Waals surface area contributed by atoms with Crippen LogP contribution in [-0.4, -0.2) is 0 Å². The SMILES string of the molecule is CCc1ccc2c3c(oc2c1)C=CCC=C3. The van der Waals surface area contributed by atoms with E-state index in [-0.39, 0.29) is 0 Å². The first-order valence-corrected chi connectivity index (χ1v) is 5.77. The molecule has 0 unspecified atom stereocenters. The lowest BCUT2D eigenvalue weighted by atomic mass is 10.1. The molecule has 0 fully saturated rings. The van der Waals surface area contributed by atoms with Gasteiger partial charge in [-0.15, -0.1) is 0 Å². The van der Waals surface area contributed by atoms with Crippen LogP contribution in [0.25, 0.3) is 23.1 Å². The first-order valence-electron chi connectivity index (χ1n) is 5.77. The quantitative estimate of drug-likeness (QED) is 0.678. The number of fused-ring (bicyclic) bond motifs is 3. The molecule has 1 nitrogen and oxygen atoms in total. The van der Waals surface area contributed by atoms with Gasteiger partial charge in [-0.3, -0.25) is 0 Å². The molecular formula is C15H14O. The average Bonchev–Trinajstić information content (AvgIpc) is 2.50. The van der Waals surface area contributed by atoms with Crippen LogP contribution in [0, 0.1) is 0 Å². The summed E-state index contributed by atoms with van der Waals surface area (Å²) in [6, 6.07) is 6.49. The van der Waals surface area contributed by atoms with Crippen LogP contribution in [0.2, 0.25) is 0 Å². The number of hydrogen-bond donors (Lipinski definition) is 0. The molecule has 2 aromatic rings. The van der Waals surface area contributed by atoms with Crippen LogP contribution in [0.3, 0.4) is 0 Å². The second-order valence-electron chi connectivity index (χ2n) is 4.10. The Morgan fingerprint density at radius 3 is 2.94 bits per heavy atom. The Labute approximate surface area is 95.1 Å². The monoisotopic (exact) mass is 210 g/mol. The topological polar surface area (TPSA) is 13.1 Å². The molecule has 0 N–H and O–H groups in total. The van der Waals surface area contributed by atoms with E-state index in [1.54, 1.807) is 0 Å². The van der Waals surface area contributed by atoms with Gasteiger partial charge in [0, 0.05) is 10.9 Å². The fraction of sp³-hybridized carbons (Fsp3) is 0.200. The van der Waals surface area contributed by atoms with E-state index in [0.717, 1.165) is 24.2 Å². The molecule has 0 radical (unpaired) electrons. The lowest BCUT2D eigenvalue weighted by molar-refractivity contribution is 0.603. The van der Waals surface area contributed by atoms with Crippen LogP contribution in [-0.2, 0) is 6.42 Å². The zero-order valence-corrected chi connectivity index (χ0v) is 9.36. The minimum atomic E-state index is 0.983. The molecule has 0 saturated heterocycles. The van der Waals surface area contributed by atoms with Gasteiger partial charge in [0.25, 0.3) is 0 Å². The van der Waals surface area contributed by atoms with Crippen LogP contribution in [0.5, 0.6) is 0 Å². The van der Waals surface area contributed by atoms with Gasteiger partial charge in [0.2, 0.25) is 0 Å². The van der Waals surface area contributed by atoms with Crippen molar-refractivity contribution in [3.8, 4) is 0 Å². The van der Waals surface area contributed by atoms with Gasteiger partial charge in [0.1, 0.15) is 11.3 Å². The molecule has 80 valence electrons. The summed E-state index contributed by atoms with van der Waals surface area (Å²) in [5, 5.41) is 1.22. The smallest absolute Gasteiger partial charge is 0.135 e. The Hall–Kier alpha value is -1.76. The van der Waals surface area contributed by atoms with Crippen LogP contribution < -0.4 is 0 Å². The summed E-state index contributed by atoms with van der Waals surface area (Å²) in [5.41, 5.74) is 3.54. The molecule has 1 aromatic carbocycles. The van der Waals surface area contributed by atoms with Gasteiger partial charge in [-0.05, 0) is 30.5 Å². The zero-order chi connectivity index (χ0) is 11.0. The minimum Gasteiger partial charge on any atom is -0.456 e. The van der Waals surface area contributed by atoms with E-state index in [0.29, 0.717) is 0 Å². The van der Waals surface area contributed by atoms with Crippen molar-refractivity contribution in [2.45, 2.75) is 19.8 Å². The summed E-state index contributed by atoms with van der Waals surface area (Å²) in [6.45, 7) is 2.16. The van der Waals surface area contributed by atoms with E-state index in [9.17, 15) is 0 Å². The van der Waals surface area contributed by atoms with E-state index in [1.165, 1.54) is 16.5 Å². The molecule has 3 rings (SSSR count). The van der Waals surface area contributed by atoms with Crippen molar-refractivity contribution in [1.29, 1.82) is 0 Å². The molecule has 16 heavy (non-hydrogen) atoms. The van der Waals surface area contributed by atoms with Crippen LogP contribution in [0.15, 0.2) is 34.8 Å². The zero-order valence-electron chi connectivity index (χ0n) is 9.36. The summed E-state index contributed by atoms with van der Waals surface area (Å²) in [5.74, 6) is 0.983. The first kappa shape index (κ1) is 9.46. The van der Waals surface area contributed by atoms with E-state index >= 15 is 0 Å². The van der Waals surface area contributed by atoms with Crippen molar-refractivity contribution >= 4 is 23.1 Å². The highest BCUT2D eigenvalue weighted by Gasteiger charge is 2.10.